The Bertz CT molecular complexity index is 2090. The molecule has 5 aromatic carbocycles. The van der Waals surface area contributed by atoms with Crippen LogP contribution in [0.25, 0.3) is 22.2 Å². The zero-order valence-corrected chi connectivity index (χ0v) is 28.9. The van der Waals surface area contributed by atoms with E-state index in [4.69, 9.17) is 9.47 Å². The zero-order valence-electron chi connectivity index (χ0n) is 28.9. The Kier molecular flexibility index (Phi) is 10.6. The van der Waals surface area contributed by atoms with E-state index in [1.54, 1.807) is 0 Å². The predicted octanol–water partition coefficient (Wildman–Crippen LogP) is 7.64. The Balaban J connectivity index is 1.09. The van der Waals surface area contributed by atoms with Crippen molar-refractivity contribution in [3.05, 3.63) is 167 Å². The minimum absolute atomic E-state index is 0.000497. The van der Waals surface area contributed by atoms with Crippen LogP contribution in [0.1, 0.15) is 57.6 Å². The van der Waals surface area contributed by atoms with Gasteiger partial charge in [0.15, 0.2) is 6.29 Å². The first kappa shape index (κ1) is 34.2. The number of hydrogen-bond donors (Lipinski definition) is 2. The molecule has 0 bridgehead atoms. The van der Waals surface area contributed by atoms with Crippen LogP contribution >= 0.6 is 0 Å². The molecule has 1 fully saturated rings. The van der Waals surface area contributed by atoms with Gasteiger partial charge >= 0.3 is 0 Å². The van der Waals surface area contributed by atoms with Crippen molar-refractivity contribution >= 4 is 16.9 Å². The van der Waals surface area contributed by atoms with Gasteiger partial charge in [0.2, 0.25) is 0 Å². The van der Waals surface area contributed by atoms with Gasteiger partial charge in [0, 0.05) is 31.1 Å². The summed E-state index contributed by atoms with van der Waals surface area (Å²) in [5.41, 5.74) is 8.84. The average molecular weight is 679 g/mol. The maximum atomic E-state index is 12.9. The highest BCUT2D eigenvalue weighted by Gasteiger charge is 2.39. The molecule has 4 atom stereocenters. The Morgan fingerprint density at radius 3 is 2.25 bits per heavy atom. The molecule has 2 heterocycles. The van der Waals surface area contributed by atoms with Gasteiger partial charge in [-0.05, 0) is 64.7 Å². The monoisotopic (exact) mass is 678 g/mol. The molecule has 1 saturated heterocycles. The summed E-state index contributed by atoms with van der Waals surface area (Å²) in [7, 11) is 2.13. The molecule has 8 heteroatoms. The topological polar surface area (TPSA) is 96.8 Å². The Hall–Kier alpha value is -5.25. The van der Waals surface area contributed by atoms with Crippen molar-refractivity contribution in [3.8, 4) is 11.1 Å². The molecule has 0 saturated carbocycles. The van der Waals surface area contributed by atoms with Gasteiger partial charge in [-0.3, -0.25) is 14.7 Å². The van der Waals surface area contributed by atoms with E-state index in [1.807, 2.05) is 72.8 Å². The summed E-state index contributed by atoms with van der Waals surface area (Å²) < 4.78 is 13.5. The van der Waals surface area contributed by atoms with Gasteiger partial charge in [0.05, 0.1) is 36.0 Å². The molecule has 2 N–H and O–H groups in total. The molecule has 0 radical (unpaired) electrons. The number of ether oxygens (including phenoxy) is 2. The number of nitrogens with one attached hydrogen (secondary N) is 1. The van der Waals surface area contributed by atoms with Crippen LogP contribution < -0.4 is 5.32 Å². The highest BCUT2D eigenvalue weighted by Crippen LogP contribution is 2.42. The summed E-state index contributed by atoms with van der Waals surface area (Å²) in [6.45, 7) is 4.09. The number of carbonyl (C=O) groups excluding carboxylic acids is 1. The van der Waals surface area contributed by atoms with Crippen molar-refractivity contribution < 1.29 is 19.4 Å². The van der Waals surface area contributed by atoms with Crippen LogP contribution in [0.5, 0.6) is 0 Å². The SMILES string of the molecule is C[C@@H]1[C@H](CN(C)Cc2ccccc2)O[C@H](c2cccc(-c3cccc(CNC(=O)c4cnc5ccccc5n4)c3)c2)O[C@@H]1c1ccc(CO)cc1. The number of para-hydroxylation sites is 2. The third-order valence-corrected chi connectivity index (χ3v) is 9.46. The Labute approximate surface area is 298 Å². The maximum Gasteiger partial charge on any atom is 0.271 e. The molecule has 1 aliphatic heterocycles. The van der Waals surface area contributed by atoms with Crippen molar-refractivity contribution in [2.75, 3.05) is 13.6 Å². The first-order valence-corrected chi connectivity index (χ1v) is 17.4. The first-order valence-electron chi connectivity index (χ1n) is 17.4. The lowest BCUT2D eigenvalue weighted by molar-refractivity contribution is -0.276. The van der Waals surface area contributed by atoms with Crippen molar-refractivity contribution in [1.29, 1.82) is 0 Å². The van der Waals surface area contributed by atoms with Crippen LogP contribution in [0.4, 0.5) is 0 Å². The maximum absolute atomic E-state index is 12.9. The number of aliphatic hydroxyl groups excluding tert-OH is 1. The summed E-state index contributed by atoms with van der Waals surface area (Å²) >= 11 is 0. The van der Waals surface area contributed by atoms with Gasteiger partial charge in [-0.15, -0.1) is 0 Å². The second-order valence-corrected chi connectivity index (χ2v) is 13.3. The van der Waals surface area contributed by atoms with Crippen molar-refractivity contribution in [1.82, 2.24) is 20.2 Å². The summed E-state index contributed by atoms with van der Waals surface area (Å²) in [5.74, 6) is -0.193. The molecule has 1 aromatic heterocycles. The standard InChI is InChI=1S/C43H42N4O4/c1-29-40(27-47(2)26-30-10-4-3-5-11-30)50-43(51-41(29)33-20-18-31(28-48)19-21-33)36-15-9-14-35(23-36)34-13-8-12-32(22-34)24-45-42(49)39-25-44-37-16-6-7-17-38(37)46-39/h3-23,25,29,40-41,43,48H,24,26-28H2,1-2H3,(H,45,49)/t29-,40+,41+,43+/m1/s1. The van der Waals surface area contributed by atoms with Gasteiger partial charge in [-0.1, -0.05) is 110 Å². The van der Waals surface area contributed by atoms with E-state index in [0.29, 0.717) is 12.1 Å². The fourth-order valence-electron chi connectivity index (χ4n) is 6.66. The van der Waals surface area contributed by atoms with E-state index < -0.39 is 6.29 Å². The van der Waals surface area contributed by atoms with Crippen LogP contribution in [0.2, 0.25) is 0 Å². The average Bonchev–Trinajstić information content (AvgIpc) is 3.18. The van der Waals surface area contributed by atoms with E-state index in [-0.39, 0.29) is 36.3 Å². The number of amides is 1. The Morgan fingerprint density at radius 1 is 0.765 bits per heavy atom. The zero-order chi connectivity index (χ0) is 35.2. The second kappa shape index (κ2) is 15.7. The fraction of sp³-hybridized carbons (Fsp3) is 0.233. The number of fused-ring (bicyclic) bond motifs is 1. The van der Waals surface area contributed by atoms with Crippen molar-refractivity contribution in [3.63, 3.8) is 0 Å². The molecule has 0 aliphatic carbocycles. The highest BCUT2D eigenvalue weighted by atomic mass is 16.7. The molecule has 6 aromatic rings. The second-order valence-electron chi connectivity index (χ2n) is 13.3. The molecule has 1 aliphatic rings. The van der Waals surface area contributed by atoms with E-state index >= 15 is 0 Å². The number of hydrogen-bond acceptors (Lipinski definition) is 7. The molecular weight excluding hydrogens is 636 g/mol. The summed E-state index contributed by atoms with van der Waals surface area (Å²) in [6.07, 6.45) is 0.637. The molecule has 51 heavy (non-hydrogen) atoms. The molecule has 1 amide bonds. The fourth-order valence-corrected chi connectivity index (χ4v) is 6.66. The lowest BCUT2D eigenvalue weighted by atomic mass is 9.90. The lowest BCUT2D eigenvalue weighted by Gasteiger charge is -2.42. The largest absolute Gasteiger partial charge is 0.392 e. The van der Waals surface area contributed by atoms with Crippen LogP contribution in [0.3, 0.4) is 0 Å². The number of aliphatic hydroxyl groups is 1. The molecule has 0 spiro atoms. The normalized spacial score (nSPS) is 18.9. The molecule has 7 rings (SSSR count). The van der Waals surface area contributed by atoms with Gasteiger partial charge in [0.25, 0.3) is 5.91 Å². The summed E-state index contributed by atoms with van der Waals surface area (Å²) in [5, 5.41) is 12.6. The van der Waals surface area contributed by atoms with Crippen LogP contribution in [0, 0.1) is 5.92 Å². The number of aromatic nitrogens is 2. The van der Waals surface area contributed by atoms with Gasteiger partial charge in [-0.25, -0.2) is 4.98 Å². The van der Waals surface area contributed by atoms with Gasteiger partial charge < -0.3 is 19.9 Å². The smallest absolute Gasteiger partial charge is 0.271 e. The van der Waals surface area contributed by atoms with Crippen LogP contribution in [0.15, 0.2) is 134 Å². The molecule has 0 unspecified atom stereocenters. The number of nitrogens with zero attached hydrogens (tertiary/aromatic N) is 3. The third kappa shape index (κ3) is 8.22. The number of benzene rings is 5. The molecular formula is C43H42N4O4. The number of likely N-dealkylation sites (N-methyl/N-ethyl adjacent to an activating group) is 1. The molecule has 258 valence electrons. The van der Waals surface area contributed by atoms with E-state index in [0.717, 1.165) is 52.0 Å². The summed E-state index contributed by atoms with van der Waals surface area (Å²) in [6, 6.07) is 42.4. The predicted molar refractivity (Wildman–Crippen MR) is 198 cm³/mol. The van der Waals surface area contributed by atoms with Crippen LogP contribution in [-0.4, -0.2) is 45.6 Å². The first-order chi connectivity index (χ1) is 24.9. The highest BCUT2D eigenvalue weighted by molar-refractivity contribution is 5.93. The van der Waals surface area contributed by atoms with E-state index in [1.165, 1.54) is 11.8 Å². The minimum atomic E-state index is -0.579. The lowest BCUT2D eigenvalue weighted by Crippen LogP contribution is -2.43. The van der Waals surface area contributed by atoms with E-state index in [9.17, 15) is 9.90 Å². The number of carbonyl (C=O) groups is 1. The van der Waals surface area contributed by atoms with Gasteiger partial charge in [0.1, 0.15) is 5.69 Å². The summed E-state index contributed by atoms with van der Waals surface area (Å²) in [4.78, 5) is 24.1. The minimum Gasteiger partial charge on any atom is -0.392 e. The van der Waals surface area contributed by atoms with E-state index in [2.05, 4.69) is 88.8 Å². The molecule has 8 nitrogen and oxygen atoms in total. The van der Waals surface area contributed by atoms with Crippen molar-refractivity contribution in [2.45, 2.75) is 45.1 Å². The van der Waals surface area contributed by atoms with Gasteiger partial charge in [-0.2, -0.15) is 0 Å². The number of rotatable bonds is 11. The third-order valence-electron chi connectivity index (χ3n) is 9.46. The quantitative estimate of drug-likeness (QED) is 0.145. The van der Waals surface area contributed by atoms with Crippen molar-refractivity contribution in [2.24, 2.45) is 5.92 Å². The van der Waals surface area contributed by atoms with Crippen LogP contribution in [-0.2, 0) is 29.2 Å². The Morgan fingerprint density at radius 2 is 1.47 bits per heavy atom.